The normalized spacial score (nSPS) is 29.9. The number of pyridine rings is 1. The third-order valence-electron chi connectivity index (χ3n) is 7.10. The number of amides is 3. The molecular weight excluding hydrogens is 481 g/mol. The molecule has 1 aliphatic carbocycles. The van der Waals surface area contributed by atoms with Gasteiger partial charge >= 0.3 is 12.3 Å². The number of nitrogens with one attached hydrogen (secondary N) is 1. The summed E-state index contributed by atoms with van der Waals surface area (Å²) in [5, 5.41) is 2.67. The average Bonchev–Trinajstić information content (AvgIpc) is 3.33. The second-order valence-corrected chi connectivity index (χ2v) is 11.0. The van der Waals surface area contributed by atoms with Gasteiger partial charge in [-0.25, -0.2) is 9.78 Å². The smallest absolute Gasteiger partial charge is 0.433 e. The Morgan fingerprint density at radius 2 is 1.86 bits per heavy atom. The number of rotatable bonds is 4. The number of halogens is 3. The second-order valence-electron chi connectivity index (χ2n) is 11.0. The molecule has 1 aromatic heterocycles. The summed E-state index contributed by atoms with van der Waals surface area (Å²) in [7, 11) is 0. The first-order valence-electron chi connectivity index (χ1n) is 11.9. The van der Waals surface area contributed by atoms with Crippen LogP contribution in [0.4, 0.5) is 18.0 Å². The summed E-state index contributed by atoms with van der Waals surface area (Å²) in [6.07, 6.45) is -4.26. The quantitative estimate of drug-likeness (QED) is 0.639. The molecule has 0 radical (unpaired) electrons. The van der Waals surface area contributed by atoms with Crippen LogP contribution in [0.25, 0.3) is 0 Å². The Kier molecular flexibility index (Phi) is 6.26. The van der Waals surface area contributed by atoms with E-state index >= 15 is 0 Å². The standard InChI is InChI=1S/C24H31F3N4O5/c1-13-9-22(19(28)33,7-8-31(13)20(34)36-21(2,3)4)30-18(32)15-5-6-16(24(25,26)27)29-17(15)23-10-14(11-23)12-35-23/h5-6,13-14H,7-12H2,1-4H3,(H2,28,33)(H,30,32)/t13-,14?,22+,23?/m0/s1. The van der Waals surface area contributed by atoms with Crippen LogP contribution in [-0.4, -0.2) is 58.1 Å². The van der Waals surface area contributed by atoms with Crippen molar-refractivity contribution in [2.24, 2.45) is 11.7 Å². The molecule has 2 atom stereocenters. The van der Waals surface area contributed by atoms with Crippen LogP contribution in [-0.2, 0) is 26.0 Å². The van der Waals surface area contributed by atoms with E-state index in [0.717, 1.165) is 12.1 Å². The lowest BCUT2D eigenvalue weighted by Gasteiger charge is -2.44. The van der Waals surface area contributed by atoms with Gasteiger partial charge in [0, 0.05) is 12.6 Å². The molecule has 0 unspecified atom stereocenters. The average molecular weight is 513 g/mol. The van der Waals surface area contributed by atoms with Gasteiger partial charge < -0.3 is 25.4 Å². The largest absolute Gasteiger partial charge is 0.444 e. The highest BCUT2D eigenvalue weighted by atomic mass is 19.4. The number of alkyl halides is 3. The summed E-state index contributed by atoms with van der Waals surface area (Å²) in [6, 6.07) is 1.30. The molecule has 0 aromatic carbocycles. The van der Waals surface area contributed by atoms with E-state index in [1.54, 1.807) is 27.7 Å². The lowest BCUT2D eigenvalue weighted by atomic mass is 9.71. The van der Waals surface area contributed by atoms with Gasteiger partial charge in [-0.1, -0.05) is 0 Å². The minimum absolute atomic E-state index is 0.0143. The maximum atomic E-state index is 13.4. The number of fused-ring (bicyclic) bond motifs is 1. The van der Waals surface area contributed by atoms with Crippen molar-refractivity contribution in [2.45, 2.75) is 82.3 Å². The van der Waals surface area contributed by atoms with Crippen LogP contribution in [0.15, 0.2) is 12.1 Å². The van der Waals surface area contributed by atoms with Gasteiger partial charge in [-0.3, -0.25) is 9.59 Å². The Morgan fingerprint density at radius 1 is 1.19 bits per heavy atom. The third-order valence-corrected chi connectivity index (χ3v) is 7.10. The van der Waals surface area contributed by atoms with Gasteiger partial charge in [0.1, 0.15) is 22.4 Å². The number of hydrogen-bond acceptors (Lipinski definition) is 6. The van der Waals surface area contributed by atoms with Crippen LogP contribution in [0.5, 0.6) is 0 Å². The zero-order valence-corrected chi connectivity index (χ0v) is 20.7. The predicted molar refractivity (Wildman–Crippen MR) is 121 cm³/mol. The van der Waals surface area contributed by atoms with Gasteiger partial charge in [0.05, 0.1) is 17.9 Å². The first-order chi connectivity index (χ1) is 16.6. The Bertz CT molecular complexity index is 1070. The number of piperidine rings is 1. The summed E-state index contributed by atoms with van der Waals surface area (Å²) in [5.74, 6) is -1.35. The molecule has 1 aromatic rings. The highest BCUT2D eigenvalue weighted by Crippen LogP contribution is 2.55. The van der Waals surface area contributed by atoms with Crippen molar-refractivity contribution >= 4 is 17.9 Å². The first-order valence-corrected chi connectivity index (χ1v) is 11.9. The van der Waals surface area contributed by atoms with Crippen LogP contribution in [0.1, 0.15) is 75.1 Å². The summed E-state index contributed by atoms with van der Waals surface area (Å²) >= 11 is 0. The number of hydrogen-bond donors (Lipinski definition) is 2. The zero-order chi connectivity index (χ0) is 26.7. The van der Waals surface area contributed by atoms with Crippen LogP contribution >= 0.6 is 0 Å². The summed E-state index contributed by atoms with van der Waals surface area (Å²) in [4.78, 5) is 43.9. The number of primary amides is 1. The third kappa shape index (κ3) is 4.74. The highest BCUT2D eigenvalue weighted by Gasteiger charge is 2.56. The van der Waals surface area contributed by atoms with Crippen molar-refractivity contribution in [3.8, 4) is 0 Å². The minimum Gasteiger partial charge on any atom is -0.444 e. The van der Waals surface area contributed by atoms with E-state index < -0.39 is 52.6 Å². The van der Waals surface area contributed by atoms with Crippen LogP contribution in [0.3, 0.4) is 0 Å². The molecule has 9 nitrogen and oxygen atoms in total. The second kappa shape index (κ2) is 8.60. The molecule has 36 heavy (non-hydrogen) atoms. The van der Waals surface area contributed by atoms with Crippen molar-refractivity contribution in [2.75, 3.05) is 13.2 Å². The lowest BCUT2D eigenvalue weighted by Crippen LogP contribution is -2.65. The van der Waals surface area contributed by atoms with Crippen molar-refractivity contribution in [3.63, 3.8) is 0 Å². The van der Waals surface area contributed by atoms with Crippen LogP contribution in [0, 0.1) is 5.92 Å². The van der Waals surface area contributed by atoms with Crippen LogP contribution < -0.4 is 11.1 Å². The van der Waals surface area contributed by atoms with E-state index in [9.17, 15) is 27.6 Å². The molecule has 3 saturated heterocycles. The summed E-state index contributed by atoms with van der Waals surface area (Å²) < 4.78 is 51.4. The van der Waals surface area contributed by atoms with Crippen LogP contribution in [0.2, 0.25) is 0 Å². The molecule has 3 amide bonds. The number of ether oxygens (including phenoxy) is 2. The fourth-order valence-corrected chi connectivity index (χ4v) is 5.32. The van der Waals surface area contributed by atoms with Crippen molar-refractivity contribution in [1.29, 1.82) is 0 Å². The van der Waals surface area contributed by atoms with E-state index in [2.05, 4.69) is 10.3 Å². The van der Waals surface area contributed by atoms with E-state index in [0.29, 0.717) is 19.4 Å². The molecular formula is C24H31F3N4O5. The topological polar surface area (TPSA) is 124 Å². The fourth-order valence-electron chi connectivity index (χ4n) is 5.32. The van der Waals surface area contributed by atoms with Gasteiger partial charge in [-0.05, 0) is 71.4 Å². The van der Waals surface area contributed by atoms with Gasteiger partial charge in [0.25, 0.3) is 5.91 Å². The molecule has 5 rings (SSSR count). The number of carbonyl (C=O) groups is 3. The Labute approximate surface area is 206 Å². The monoisotopic (exact) mass is 512 g/mol. The van der Waals surface area contributed by atoms with E-state index in [-0.39, 0.29) is 36.6 Å². The molecule has 4 fully saturated rings. The van der Waals surface area contributed by atoms with Gasteiger partial charge in [-0.15, -0.1) is 0 Å². The molecule has 12 heteroatoms. The Balaban J connectivity index is 1.60. The van der Waals surface area contributed by atoms with Gasteiger partial charge in [0.15, 0.2) is 0 Å². The number of carbonyl (C=O) groups excluding carboxylic acids is 3. The molecule has 4 aliphatic rings. The minimum atomic E-state index is -4.69. The van der Waals surface area contributed by atoms with E-state index in [1.807, 2.05) is 0 Å². The van der Waals surface area contributed by atoms with Crippen molar-refractivity contribution < 1.29 is 37.0 Å². The first kappa shape index (κ1) is 26.2. The van der Waals surface area contributed by atoms with Gasteiger partial charge in [0.2, 0.25) is 5.91 Å². The zero-order valence-electron chi connectivity index (χ0n) is 20.7. The maximum absolute atomic E-state index is 13.4. The SMILES string of the molecule is C[C@H]1C[C@@](NC(=O)c2ccc(C(F)(F)F)nc2C23CC(CO2)C3)(C(N)=O)CCN1C(=O)OC(C)(C)C. The molecule has 4 heterocycles. The number of likely N-dealkylation sites (tertiary alicyclic amines) is 1. The number of aromatic nitrogens is 1. The van der Waals surface area contributed by atoms with E-state index in [1.165, 1.54) is 4.90 Å². The molecule has 1 saturated carbocycles. The van der Waals surface area contributed by atoms with Gasteiger partial charge in [-0.2, -0.15) is 13.2 Å². The number of nitrogens with zero attached hydrogens (tertiary/aromatic N) is 2. The molecule has 198 valence electrons. The van der Waals surface area contributed by atoms with Crippen molar-refractivity contribution in [1.82, 2.24) is 15.2 Å². The lowest BCUT2D eigenvalue weighted by molar-refractivity contribution is -0.141. The fraction of sp³-hybridized carbons (Fsp3) is 0.667. The Hall–Kier alpha value is -2.89. The van der Waals surface area contributed by atoms with Crippen molar-refractivity contribution in [3.05, 3.63) is 29.1 Å². The molecule has 3 N–H and O–H groups in total. The maximum Gasteiger partial charge on any atom is 0.433 e. The highest BCUT2D eigenvalue weighted by molar-refractivity contribution is 6.00. The number of nitrogens with two attached hydrogens (primary N) is 1. The Morgan fingerprint density at radius 3 is 2.36 bits per heavy atom. The van der Waals surface area contributed by atoms with E-state index in [4.69, 9.17) is 15.2 Å². The molecule has 0 spiro atoms. The predicted octanol–water partition coefficient (Wildman–Crippen LogP) is 3.11. The molecule has 2 bridgehead atoms. The summed E-state index contributed by atoms with van der Waals surface area (Å²) in [5.41, 5.74) is 1.15. The summed E-state index contributed by atoms with van der Waals surface area (Å²) in [6.45, 7) is 7.40. The molecule has 3 aliphatic heterocycles.